The number of nitrogens with zero attached hydrogens (tertiary/aromatic N) is 6. The molecule has 1 aliphatic heterocycles. The molecular formula is C27H17Cl2FN8O. The van der Waals surface area contributed by atoms with Crippen molar-refractivity contribution in [2.75, 3.05) is 0 Å². The van der Waals surface area contributed by atoms with E-state index >= 15 is 4.39 Å². The molecule has 0 saturated heterocycles. The molecule has 2 aromatic carbocycles. The molecular weight excluding hydrogens is 542 g/mol. The van der Waals surface area contributed by atoms with Crippen LogP contribution in [0.25, 0.3) is 39.0 Å². The lowest BCUT2D eigenvalue weighted by molar-refractivity contribution is 0.514. The molecule has 0 radical (unpaired) electrons. The Morgan fingerprint density at radius 3 is 2.79 bits per heavy atom. The summed E-state index contributed by atoms with van der Waals surface area (Å²) in [7, 11) is 0. The number of halogens is 3. The summed E-state index contributed by atoms with van der Waals surface area (Å²) < 4.78 is 18.6. The molecule has 9 nitrogen and oxygen atoms in total. The summed E-state index contributed by atoms with van der Waals surface area (Å²) in [5, 5.41) is 12.7. The van der Waals surface area contributed by atoms with Crippen molar-refractivity contribution in [1.29, 1.82) is 0 Å². The van der Waals surface area contributed by atoms with E-state index < -0.39 is 5.82 Å². The Bertz CT molecular complexity index is 1990. The molecule has 0 spiro atoms. The third kappa shape index (κ3) is 3.34. The number of aromatic amines is 2. The van der Waals surface area contributed by atoms with Crippen molar-refractivity contribution >= 4 is 34.1 Å². The second-order valence-electron chi connectivity index (χ2n) is 9.89. The largest absolute Gasteiger partial charge is 0.361 e. The van der Waals surface area contributed by atoms with Gasteiger partial charge in [0.05, 0.1) is 11.7 Å². The molecule has 2 N–H and O–H groups in total. The highest BCUT2D eigenvalue weighted by molar-refractivity contribution is 6.32. The van der Waals surface area contributed by atoms with Crippen molar-refractivity contribution in [2.45, 2.75) is 18.4 Å². The fourth-order valence-electron chi connectivity index (χ4n) is 5.94. The number of fused-ring (bicyclic) bond motifs is 4. The molecule has 2 aliphatic rings. The van der Waals surface area contributed by atoms with Crippen LogP contribution in [0.1, 0.15) is 29.9 Å². The van der Waals surface area contributed by atoms with Gasteiger partial charge in [0.15, 0.2) is 0 Å². The van der Waals surface area contributed by atoms with Crippen LogP contribution in [-0.2, 0) is 0 Å². The van der Waals surface area contributed by atoms with Gasteiger partial charge in [0.25, 0.3) is 5.56 Å². The number of tetrazole rings is 1. The number of pyridine rings is 1. The third-order valence-electron chi connectivity index (χ3n) is 7.75. The zero-order chi connectivity index (χ0) is 26.4. The molecule has 0 amide bonds. The fraction of sp³-hybridized carbons (Fsp3) is 0.148. The number of aromatic nitrogens is 8. The third-order valence-corrected chi connectivity index (χ3v) is 8.26. The van der Waals surface area contributed by atoms with Crippen molar-refractivity contribution in [2.24, 2.45) is 5.92 Å². The first kappa shape index (κ1) is 22.7. The van der Waals surface area contributed by atoms with Crippen molar-refractivity contribution in [1.82, 2.24) is 39.7 Å². The minimum atomic E-state index is -0.397. The Hall–Kier alpha value is -4.28. The molecule has 5 heterocycles. The molecule has 0 bridgehead atoms. The van der Waals surface area contributed by atoms with Crippen molar-refractivity contribution in [3.8, 4) is 28.1 Å². The smallest absolute Gasteiger partial charge is 0.252 e. The normalized spacial score (nSPS) is 19.4. The predicted octanol–water partition coefficient (Wildman–Crippen LogP) is 5.51. The summed E-state index contributed by atoms with van der Waals surface area (Å²) in [6, 6.07) is 13.8. The topological polar surface area (TPSA) is 110 Å². The predicted molar refractivity (Wildman–Crippen MR) is 144 cm³/mol. The number of imidazole rings is 1. The lowest BCUT2D eigenvalue weighted by Crippen LogP contribution is -2.26. The van der Waals surface area contributed by atoms with Crippen LogP contribution in [0.2, 0.25) is 10.2 Å². The number of benzene rings is 2. The summed E-state index contributed by atoms with van der Waals surface area (Å²) in [5.41, 5.74) is 4.26. The highest BCUT2D eigenvalue weighted by Gasteiger charge is 2.54. The van der Waals surface area contributed by atoms with Crippen LogP contribution in [0.4, 0.5) is 4.39 Å². The minimum absolute atomic E-state index is 0.170. The van der Waals surface area contributed by atoms with Gasteiger partial charge in [-0.1, -0.05) is 23.2 Å². The van der Waals surface area contributed by atoms with E-state index in [0.29, 0.717) is 38.7 Å². The Balaban J connectivity index is 1.23. The maximum absolute atomic E-state index is 15.3. The molecule has 6 aromatic rings. The molecule has 192 valence electrons. The van der Waals surface area contributed by atoms with E-state index in [9.17, 15) is 4.79 Å². The molecule has 1 saturated carbocycles. The molecule has 1 fully saturated rings. The Morgan fingerprint density at radius 1 is 1.05 bits per heavy atom. The molecule has 3 atom stereocenters. The number of rotatable bonds is 4. The lowest BCUT2D eigenvalue weighted by Gasteiger charge is -2.17. The second kappa shape index (κ2) is 8.11. The SMILES string of the molecule is O=c1cc(-c2cc(Cl)ccc2-n2cnnn2)cc2n1C(c1nc(-c3ccc4[nH]ccc4c3F)c(Cl)[nH]1)C1CC21. The number of nitrogens with one attached hydrogen (secondary N) is 2. The quantitative estimate of drug-likeness (QED) is 0.296. The Kier molecular flexibility index (Phi) is 4.72. The average molecular weight is 559 g/mol. The Morgan fingerprint density at radius 2 is 1.95 bits per heavy atom. The fourth-order valence-corrected chi connectivity index (χ4v) is 6.35. The summed E-state index contributed by atoms with van der Waals surface area (Å²) in [5.74, 6) is 0.547. The first-order valence-electron chi connectivity index (χ1n) is 12.3. The van der Waals surface area contributed by atoms with E-state index in [1.165, 1.54) is 11.0 Å². The van der Waals surface area contributed by atoms with Gasteiger partial charge in [0.2, 0.25) is 0 Å². The maximum atomic E-state index is 15.3. The van der Waals surface area contributed by atoms with E-state index in [2.05, 4.69) is 25.5 Å². The van der Waals surface area contributed by atoms with Gasteiger partial charge in [-0.15, -0.1) is 5.10 Å². The first-order valence-corrected chi connectivity index (χ1v) is 13.0. The first-order chi connectivity index (χ1) is 19.0. The minimum Gasteiger partial charge on any atom is -0.361 e. The van der Waals surface area contributed by atoms with Crippen LogP contribution in [0.3, 0.4) is 0 Å². The highest BCUT2D eigenvalue weighted by Crippen LogP contribution is 2.60. The van der Waals surface area contributed by atoms with Crippen LogP contribution in [0.5, 0.6) is 0 Å². The van der Waals surface area contributed by atoms with Gasteiger partial charge in [0.1, 0.15) is 28.8 Å². The van der Waals surface area contributed by atoms with Crippen molar-refractivity contribution in [3.05, 3.63) is 98.9 Å². The van der Waals surface area contributed by atoms with Gasteiger partial charge >= 0.3 is 0 Å². The molecule has 3 unspecified atom stereocenters. The zero-order valence-corrected chi connectivity index (χ0v) is 21.4. The summed E-state index contributed by atoms with van der Waals surface area (Å²) in [6.45, 7) is 0. The van der Waals surface area contributed by atoms with Crippen LogP contribution >= 0.6 is 23.2 Å². The average Bonchev–Trinajstić information content (AvgIpc) is 3.37. The molecule has 1 aliphatic carbocycles. The second-order valence-corrected chi connectivity index (χ2v) is 10.7. The molecule has 12 heteroatoms. The number of hydrogen-bond donors (Lipinski definition) is 2. The maximum Gasteiger partial charge on any atom is 0.252 e. The zero-order valence-electron chi connectivity index (χ0n) is 19.9. The number of hydrogen-bond acceptors (Lipinski definition) is 5. The summed E-state index contributed by atoms with van der Waals surface area (Å²) >= 11 is 12.9. The van der Waals surface area contributed by atoms with E-state index in [0.717, 1.165) is 23.2 Å². The van der Waals surface area contributed by atoms with Crippen molar-refractivity contribution in [3.63, 3.8) is 0 Å². The standard InChI is InChI=1S/C27H17Cl2FN8O/c28-13-1-4-20(37-11-32-35-36-37)16(9-13)12-7-21-17-10-18(17)25(38(21)22(39)8-12)27-33-24(26(29)34-27)15-2-3-19-14(23(15)30)5-6-31-19/h1-9,11,17-18,25,31H,10H2,(H,33,34). The van der Waals surface area contributed by atoms with Gasteiger partial charge in [0, 0.05) is 50.9 Å². The van der Waals surface area contributed by atoms with Crippen LogP contribution in [0, 0.1) is 11.7 Å². The monoisotopic (exact) mass is 558 g/mol. The van der Waals surface area contributed by atoms with Crippen LogP contribution in [0.15, 0.2) is 65.8 Å². The van der Waals surface area contributed by atoms with Crippen molar-refractivity contribution < 1.29 is 4.39 Å². The van der Waals surface area contributed by atoms with Gasteiger partial charge in [-0.2, -0.15) is 4.68 Å². The lowest BCUT2D eigenvalue weighted by atomic mass is 10.0. The summed E-state index contributed by atoms with van der Waals surface area (Å²) in [6.07, 6.45) is 4.10. The Labute approximate surface area is 229 Å². The molecule has 4 aromatic heterocycles. The van der Waals surface area contributed by atoms with Gasteiger partial charge in [-0.05, 0) is 70.8 Å². The van der Waals surface area contributed by atoms with Gasteiger partial charge < -0.3 is 14.5 Å². The molecule has 39 heavy (non-hydrogen) atoms. The van der Waals surface area contributed by atoms with E-state index in [1.807, 2.05) is 12.1 Å². The molecule has 8 rings (SSSR count). The number of H-pyrrole nitrogens is 2. The van der Waals surface area contributed by atoms with Crippen LogP contribution in [-0.4, -0.2) is 39.7 Å². The van der Waals surface area contributed by atoms with Gasteiger partial charge in [-0.3, -0.25) is 4.79 Å². The van der Waals surface area contributed by atoms with E-state index in [-0.39, 0.29) is 28.6 Å². The van der Waals surface area contributed by atoms with Gasteiger partial charge in [-0.25, -0.2) is 9.37 Å². The highest BCUT2D eigenvalue weighted by atomic mass is 35.5. The van der Waals surface area contributed by atoms with E-state index in [4.69, 9.17) is 28.2 Å². The van der Waals surface area contributed by atoms with Crippen LogP contribution < -0.4 is 5.56 Å². The van der Waals surface area contributed by atoms with E-state index in [1.54, 1.807) is 47.2 Å². The summed E-state index contributed by atoms with van der Waals surface area (Å²) in [4.78, 5) is 24.5.